The molecule has 0 aliphatic rings. The van der Waals surface area contributed by atoms with Crippen molar-refractivity contribution in [3.63, 3.8) is 0 Å². The Kier molecular flexibility index (Phi) is 3.25. The smallest absolute Gasteiger partial charge is 0.155 e. The molecule has 0 bridgehead atoms. The molecule has 0 rings (SSSR count). The quantitative estimate of drug-likeness (QED) is 0.429. The Hall–Kier alpha value is -0.560. The third-order valence-corrected chi connectivity index (χ3v) is 1.04. The first-order valence-electron chi connectivity index (χ1n) is 2.57. The first-order valence-corrected chi connectivity index (χ1v) is 2.95. The molecule has 0 aromatic rings. The van der Waals surface area contributed by atoms with Crippen LogP contribution in [0.5, 0.6) is 0 Å². The topological polar surface area (TPSA) is 17.1 Å². The van der Waals surface area contributed by atoms with E-state index in [0.717, 1.165) is 0 Å². The molecule has 1 nitrogen and oxygen atoms in total. The van der Waals surface area contributed by atoms with Crippen LogP contribution in [-0.2, 0) is 4.79 Å². The summed E-state index contributed by atoms with van der Waals surface area (Å²) < 4.78 is 0. The Labute approximate surface area is 60.0 Å². The second kappa shape index (κ2) is 3.46. The lowest BCUT2D eigenvalue weighted by molar-refractivity contribution is -0.113. The lowest BCUT2D eigenvalue weighted by Gasteiger charge is -1.89. The summed E-state index contributed by atoms with van der Waals surface area (Å²) in [5.41, 5.74) is 0.634. The largest absolute Gasteiger partial charge is 0.295 e. The fourth-order valence-electron chi connectivity index (χ4n) is 0.337. The molecule has 0 aliphatic carbocycles. The van der Waals surface area contributed by atoms with Gasteiger partial charge in [0.05, 0.1) is 0 Å². The molecule has 0 N–H and O–H groups in total. The average molecular weight is 145 g/mol. The van der Waals surface area contributed by atoms with Crippen molar-refractivity contribution in [1.29, 1.82) is 0 Å². The summed E-state index contributed by atoms with van der Waals surface area (Å²) in [5.74, 6) is 0.0248. The van der Waals surface area contributed by atoms with Crippen LogP contribution in [0.1, 0.15) is 13.8 Å². The van der Waals surface area contributed by atoms with Crippen LogP contribution in [0, 0.1) is 0 Å². The van der Waals surface area contributed by atoms with Gasteiger partial charge in [0, 0.05) is 5.03 Å². The van der Waals surface area contributed by atoms with Gasteiger partial charge in [0.2, 0.25) is 0 Å². The van der Waals surface area contributed by atoms with Crippen molar-refractivity contribution < 1.29 is 4.79 Å². The van der Waals surface area contributed by atoms with Crippen LogP contribution >= 0.6 is 11.6 Å². The minimum Gasteiger partial charge on any atom is -0.295 e. The summed E-state index contributed by atoms with van der Waals surface area (Å²) in [7, 11) is 0. The number of hydrogen-bond donors (Lipinski definition) is 0. The standard InChI is InChI=1S/C7H9ClO/c1-5(7(3)9)4-6(2)8/h4H,2H2,1,3H3/b5-4+. The number of carbonyl (C=O) groups is 1. The molecule has 0 saturated carbocycles. The van der Waals surface area contributed by atoms with E-state index in [4.69, 9.17) is 11.6 Å². The highest BCUT2D eigenvalue weighted by atomic mass is 35.5. The van der Waals surface area contributed by atoms with Gasteiger partial charge in [-0.2, -0.15) is 0 Å². The van der Waals surface area contributed by atoms with Crippen molar-refractivity contribution in [2.45, 2.75) is 13.8 Å². The monoisotopic (exact) mass is 144 g/mol. The Morgan fingerprint density at radius 2 is 2.00 bits per heavy atom. The van der Waals surface area contributed by atoms with E-state index in [1.165, 1.54) is 6.92 Å². The Balaban J connectivity index is 4.17. The number of carbonyl (C=O) groups excluding carboxylic acids is 1. The van der Waals surface area contributed by atoms with Crippen LogP contribution < -0.4 is 0 Å². The molecule has 0 radical (unpaired) electrons. The van der Waals surface area contributed by atoms with Gasteiger partial charge in [-0.1, -0.05) is 18.2 Å². The molecule has 0 unspecified atom stereocenters. The van der Waals surface area contributed by atoms with Crippen LogP contribution in [0.25, 0.3) is 0 Å². The van der Waals surface area contributed by atoms with Gasteiger partial charge in [0.25, 0.3) is 0 Å². The van der Waals surface area contributed by atoms with E-state index in [2.05, 4.69) is 6.58 Å². The zero-order valence-corrected chi connectivity index (χ0v) is 6.33. The Morgan fingerprint density at radius 1 is 1.56 bits per heavy atom. The van der Waals surface area contributed by atoms with Crippen molar-refractivity contribution in [2.75, 3.05) is 0 Å². The van der Waals surface area contributed by atoms with E-state index in [-0.39, 0.29) is 5.78 Å². The van der Waals surface area contributed by atoms with Crippen LogP contribution in [0.4, 0.5) is 0 Å². The Bertz CT molecular complexity index is 168. The van der Waals surface area contributed by atoms with Crippen molar-refractivity contribution in [3.8, 4) is 0 Å². The summed E-state index contributed by atoms with van der Waals surface area (Å²) >= 11 is 5.39. The van der Waals surface area contributed by atoms with E-state index >= 15 is 0 Å². The number of rotatable bonds is 2. The summed E-state index contributed by atoms with van der Waals surface area (Å²) in [6, 6.07) is 0. The van der Waals surface area contributed by atoms with Gasteiger partial charge in [-0.25, -0.2) is 0 Å². The number of halogens is 1. The molecule has 0 atom stereocenters. The van der Waals surface area contributed by atoms with Crippen LogP contribution in [0.3, 0.4) is 0 Å². The first kappa shape index (κ1) is 8.44. The molecular weight excluding hydrogens is 136 g/mol. The van der Waals surface area contributed by atoms with Gasteiger partial charge < -0.3 is 0 Å². The maximum absolute atomic E-state index is 10.5. The fourth-order valence-corrected chi connectivity index (χ4v) is 0.500. The lowest BCUT2D eigenvalue weighted by atomic mass is 10.2. The number of Topliss-reactive ketones (excluding diaryl/α,β-unsaturated/α-hetero) is 1. The van der Waals surface area contributed by atoms with Gasteiger partial charge in [-0.05, 0) is 25.5 Å². The highest BCUT2D eigenvalue weighted by molar-refractivity contribution is 6.31. The van der Waals surface area contributed by atoms with Crippen molar-refractivity contribution >= 4 is 17.4 Å². The molecule has 0 saturated heterocycles. The normalized spacial score (nSPS) is 11.2. The van der Waals surface area contributed by atoms with E-state index in [9.17, 15) is 4.79 Å². The molecule has 9 heavy (non-hydrogen) atoms. The molecule has 0 heterocycles. The van der Waals surface area contributed by atoms with Crippen molar-refractivity contribution in [1.82, 2.24) is 0 Å². The number of hydrogen-bond acceptors (Lipinski definition) is 1. The highest BCUT2D eigenvalue weighted by Crippen LogP contribution is 2.03. The van der Waals surface area contributed by atoms with Crippen molar-refractivity contribution in [2.24, 2.45) is 0 Å². The van der Waals surface area contributed by atoms with E-state index in [1.54, 1.807) is 13.0 Å². The predicted octanol–water partition coefficient (Wildman–Crippen LogP) is 2.27. The molecule has 0 fully saturated rings. The maximum atomic E-state index is 10.5. The third-order valence-electron chi connectivity index (χ3n) is 0.928. The second-order valence-electron chi connectivity index (χ2n) is 1.83. The summed E-state index contributed by atoms with van der Waals surface area (Å²) in [6.07, 6.45) is 1.55. The predicted molar refractivity (Wildman–Crippen MR) is 39.4 cm³/mol. The zero-order valence-electron chi connectivity index (χ0n) is 5.57. The summed E-state index contributed by atoms with van der Waals surface area (Å²) in [6.45, 7) is 6.61. The third kappa shape index (κ3) is 3.98. The Morgan fingerprint density at radius 3 is 2.11 bits per heavy atom. The molecule has 0 aromatic heterocycles. The first-order chi connectivity index (χ1) is 4.04. The minimum atomic E-state index is 0.0248. The van der Waals surface area contributed by atoms with E-state index in [0.29, 0.717) is 10.6 Å². The lowest BCUT2D eigenvalue weighted by Crippen LogP contribution is -1.89. The van der Waals surface area contributed by atoms with Crippen LogP contribution in [0.2, 0.25) is 0 Å². The van der Waals surface area contributed by atoms with Gasteiger partial charge in [0.1, 0.15) is 0 Å². The zero-order chi connectivity index (χ0) is 7.44. The van der Waals surface area contributed by atoms with Gasteiger partial charge in [0.15, 0.2) is 5.78 Å². The number of allylic oxidation sites excluding steroid dienone is 3. The molecule has 0 amide bonds. The van der Waals surface area contributed by atoms with Gasteiger partial charge in [-0.15, -0.1) is 0 Å². The maximum Gasteiger partial charge on any atom is 0.155 e. The average Bonchev–Trinajstić information content (AvgIpc) is 1.63. The van der Waals surface area contributed by atoms with Gasteiger partial charge in [-0.3, -0.25) is 4.79 Å². The second-order valence-corrected chi connectivity index (χ2v) is 2.32. The van der Waals surface area contributed by atoms with Crippen LogP contribution in [-0.4, -0.2) is 5.78 Å². The molecule has 0 aromatic carbocycles. The van der Waals surface area contributed by atoms with Crippen molar-refractivity contribution in [3.05, 3.63) is 23.3 Å². The van der Waals surface area contributed by atoms with Gasteiger partial charge >= 0.3 is 0 Å². The fraction of sp³-hybridized carbons (Fsp3) is 0.286. The SMILES string of the molecule is C=C(Cl)/C=C(\C)C(C)=O. The molecular formula is C7H9ClO. The minimum absolute atomic E-state index is 0.0248. The molecule has 0 spiro atoms. The van der Waals surface area contributed by atoms with E-state index in [1.807, 2.05) is 0 Å². The molecule has 0 aliphatic heterocycles. The highest BCUT2D eigenvalue weighted by Gasteiger charge is 1.93. The summed E-state index contributed by atoms with van der Waals surface area (Å²) in [5, 5.41) is 0.391. The summed E-state index contributed by atoms with van der Waals surface area (Å²) in [4.78, 5) is 10.5. The van der Waals surface area contributed by atoms with Crippen LogP contribution in [0.15, 0.2) is 23.3 Å². The van der Waals surface area contributed by atoms with E-state index < -0.39 is 0 Å². The number of ketones is 1. The molecule has 2 heteroatoms. The molecule has 50 valence electrons.